The van der Waals surface area contributed by atoms with Gasteiger partial charge in [0.25, 0.3) is 0 Å². The van der Waals surface area contributed by atoms with Gasteiger partial charge in [0, 0.05) is 0 Å². The van der Waals surface area contributed by atoms with E-state index < -0.39 is 17.7 Å². The Morgan fingerprint density at radius 1 is 1.05 bits per heavy atom. The molecule has 2 nitrogen and oxygen atoms in total. The number of alkyl halides is 3. The van der Waals surface area contributed by atoms with Crippen molar-refractivity contribution in [2.24, 2.45) is 0 Å². The van der Waals surface area contributed by atoms with Crippen molar-refractivity contribution in [1.29, 1.82) is 0 Å². The molecular formula is C15H11F3O2. The maximum absolute atomic E-state index is 13.0. The molecule has 2 rings (SSSR count). The maximum Gasteiger partial charge on any atom is 0.416 e. The summed E-state index contributed by atoms with van der Waals surface area (Å²) in [5.74, 6) is -1.37. The fourth-order valence-corrected chi connectivity index (χ4v) is 1.94. The van der Waals surface area contributed by atoms with E-state index in [1.807, 2.05) is 0 Å². The molecule has 0 spiro atoms. The average molecular weight is 280 g/mol. The predicted octanol–water partition coefficient (Wildman–Crippen LogP) is 3.99. The molecule has 0 aliphatic heterocycles. The second-order valence-corrected chi connectivity index (χ2v) is 4.34. The minimum absolute atomic E-state index is 0.0636. The van der Waals surface area contributed by atoms with Crippen molar-refractivity contribution in [3.8, 4) is 0 Å². The smallest absolute Gasteiger partial charge is 0.416 e. The number of carboxylic acids is 1. The lowest BCUT2D eigenvalue weighted by atomic mass is 9.97. The maximum atomic E-state index is 13.0. The highest BCUT2D eigenvalue weighted by Gasteiger charge is 2.34. The predicted molar refractivity (Wildman–Crippen MR) is 67.7 cm³/mol. The molecule has 104 valence electrons. The van der Waals surface area contributed by atoms with Crippen LogP contribution in [-0.4, -0.2) is 11.1 Å². The summed E-state index contributed by atoms with van der Waals surface area (Å²) >= 11 is 0. The fraction of sp³-hybridized carbons (Fsp3) is 0.133. The molecule has 0 unspecified atom stereocenters. The van der Waals surface area contributed by atoms with Gasteiger partial charge < -0.3 is 5.11 Å². The standard InChI is InChI=1S/C15H11F3O2/c16-15(17,18)13-9-12(14(19)20)7-6-11(13)8-10-4-2-1-3-5-10/h1-7,9H,8H2,(H,19,20). The van der Waals surface area contributed by atoms with Gasteiger partial charge in [-0.1, -0.05) is 36.4 Å². The summed E-state index contributed by atoms with van der Waals surface area (Å²) < 4.78 is 39.0. The molecule has 0 heterocycles. The van der Waals surface area contributed by atoms with E-state index in [-0.39, 0.29) is 17.5 Å². The summed E-state index contributed by atoms with van der Waals surface area (Å²) in [6.07, 6.45) is -4.47. The summed E-state index contributed by atoms with van der Waals surface area (Å²) in [7, 11) is 0. The molecule has 0 aliphatic carbocycles. The van der Waals surface area contributed by atoms with E-state index in [9.17, 15) is 18.0 Å². The van der Waals surface area contributed by atoms with Gasteiger partial charge in [-0.25, -0.2) is 4.79 Å². The van der Waals surface area contributed by atoms with Gasteiger partial charge in [-0.05, 0) is 29.7 Å². The number of hydrogen-bond donors (Lipinski definition) is 1. The monoisotopic (exact) mass is 280 g/mol. The van der Waals surface area contributed by atoms with Gasteiger partial charge in [-0.2, -0.15) is 13.2 Å². The minimum Gasteiger partial charge on any atom is -0.478 e. The Bertz CT molecular complexity index is 619. The van der Waals surface area contributed by atoms with Crippen LogP contribution in [0.4, 0.5) is 13.2 Å². The third kappa shape index (κ3) is 3.17. The first-order valence-corrected chi connectivity index (χ1v) is 5.85. The van der Waals surface area contributed by atoms with Crippen molar-refractivity contribution >= 4 is 5.97 Å². The van der Waals surface area contributed by atoms with Crippen LogP contribution in [0.5, 0.6) is 0 Å². The third-order valence-corrected chi connectivity index (χ3v) is 2.90. The van der Waals surface area contributed by atoms with E-state index in [2.05, 4.69) is 0 Å². The highest BCUT2D eigenvalue weighted by atomic mass is 19.4. The number of benzene rings is 2. The van der Waals surface area contributed by atoms with Crippen molar-refractivity contribution < 1.29 is 23.1 Å². The quantitative estimate of drug-likeness (QED) is 0.922. The molecule has 0 saturated heterocycles. The topological polar surface area (TPSA) is 37.3 Å². The molecule has 0 fully saturated rings. The van der Waals surface area contributed by atoms with E-state index >= 15 is 0 Å². The van der Waals surface area contributed by atoms with Crippen molar-refractivity contribution in [2.45, 2.75) is 12.6 Å². The van der Waals surface area contributed by atoms with Crippen molar-refractivity contribution in [3.05, 3.63) is 70.8 Å². The Kier molecular flexibility index (Phi) is 3.79. The van der Waals surface area contributed by atoms with E-state index in [0.717, 1.165) is 5.56 Å². The summed E-state index contributed by atoms with van der Waals surface area (Å²) in [6.45, 7) is 0. The van der Waals surface area contributed by atoms with Crippen LogP contribution in [0.1, 0.15) is 27.0 Å². The third-order valence-electron chi connectivity index (χ3n) is 2.90. The fourth-order valence-electron chi connectivity index (χ4n) is 1.94. The first-order valence-electron chi connectivity index (χ1n) is 5.85. The Morgan fingerprint density at radius 3 is 2.25 bits per heavy atom. The van der Waals surface area contributed by atoms with E-state index in [1.54, 1.807) is 30.3 Å². The van der Waals surface area contributed by atoms with E-state index in [0.29, 0.717) is 6.07 Å². The molecule has 0 bridgehead atoms. The number of halogens is 3. The molecule has 20 heavy (non-hydrogen) atoms. The zero-order valence-corrected chi connectivity index (χ0v) is 10.3. The minimum atomic E-state index is -4.57. The molecule has 2 aromatic rings. The SMILES string of the molecule is O=C(O)c1ccc(Cc2ccccc2)c(C(F)(F)F)c1. The molecule has 0 radical (unpaired) electrons. The number of hydrogen-bond acceptors (Lipinski definition) is 1. The van der Waals surface area contributed by atoms with Gasteiger partial charge in [-0.3, -0.25) is 0 Å². The molecular weight excluding hydrogens is 269 g/mol. The van der Waals surface area contributed by atoms with Crippen LogP contribution in [0.15, 0.2) is 48.5 Å². The van der Waals surface area contributed by atoms with E-state index in [4.69, 9.17) is 5.11 Å². The largest absolute Gasteiger partial charge is 0.478 e. The van der Waals surface area contributed by atoms with Gasteiger partial charge in [-0.15, -0.1) is 0 Å². The van der Waals surface area contributed by atoms with Crippen LogP contribution < -0.4 is 0 Å². The van der Waals surface area contributed by atoms with Crippen LogP contribution in [-0.2, 0) is 12.6 Å². The lowest BCUT2D eigenvalue weighted by Crippen LogP contribution is -2.11. The van der Waals surface area contributed by atoms with Crippen molar-refractivity contribution in [2.75, 3.05) is 0 Å². The van der Waals surface area contributed by atoms with Crippen LogP contribution in [0.3, 0.4) is 0 Å². The van der Waals surface area contributed by atoms with Crippen molar-refractivity contribution in [1.82, 2.24) is 0 Å². The van der Waals surface area contributed by atoms with Crippen LogP contribution in [0.2, 0.25) is 0 Å². The Labute approximate surface area is 113 Å². The summed E-state index contributed by atoms with van der Waals surface area (Å²) in [5.41, 5.74) is -0.467. The van der Waals surface area contributed by atoms with Crippen LogP contribution in [0, 0.1) is 0 Å². The zero-order chi connectivity index (χ0) is 14.8. The Morgan fingerprint density at radius 2 is 1.70 bits per heavy atom. The highest BCUT2D eigenvalue weighted by Crippen LogP contribution is 2.33. The Hall–Kier alpha value is -2.30. The van der Waals surface area contributed by atoms with Gasteiger partial charge >= 0.3 is 12.1 Å². The number of rotatable bonds is 3. The highest BCUT2D eigenvalue weighted by molar-refractivity contribution is 5.88. The molecule has 0 amide bonds. The first-order chi connectivity index (χ1) is 9.38. The number of aromatic carboxylic acids is 1. The lowest BCUT2D eigenvalue weighted by molar-refractivity contribution is -0.138. The van der Waals surface area contributed by atoms with Gasteiger partial charge in [0.05, 0.1) is 11.1 Å². The second kappa shape index (κ2) is 5.36. The molecule has 0 aromatic heterocycles. The summed E-state index contributed by atoms with van der Waals surface area (Å²) in [6, 6.07) is 11.8. The molecule has 2 aromatic carbocycles. The van der Waals surface area contributed by atoms with Crippen LogP contribution in [0.25, 0.3) is 0 Å². The molecule has 1 N–H and O–H groups in total. The molecule has 0 aliphatic rings. The summed E-state index contributed by atoms with van der Waals surface area (Å²) in [4.78, 5) is 10.8. The van der Waals surface area contributed by atoms with Gasteiger partial charge in [0.15, 0.2) is 0 Å². The Balaban J connectivity index is 2.45. The zero-order valence-electron chi connectivity index (χ0n) is 10.3. The lowest BCUT2D eigenvalue weighted by Gasteiger charge is -2.13. The molecule has 0 atom stereocenters. The first kappa shape index (κ1) is 14.1. The second-order valence-electron chi connectivity index (χ2n) is 4.34. The van der Waals surface area contributed by atoms with Gasteiger partial charge in [0.1, 0.15) is 0 Å². The van der Waals surface area contributed by atoms with Gasteiger partial charge in [0.2, 0.25) is 0 Å². The molecule has 0 saturated carbocycles. The van der Waals surface area contributed by atoms with Crippen LogP contribution >= 0.6 is 0 Å². The number of carbonyl (C=O) groups is 1. The molecule has 5 heteroatoms. The summed E-state index contributed by atoms with van der Waals surface area (Å²) in [5, 5.41) is 8.79. The average Bonchev–Trinajstić information content (AvgIpc) is 2.39. The van der Waals surface area contributed by atoms with Crippen molar-refractivity contribution in [3.63, 3.8) is 0 Å². The normalized spacial score (nSPS) is 11.3. The van der Waals surface area contributed by atoms with E-state index in [1.165, 1.54) is 12.1 Å². The number of carboxylic acid groups (broad SMARTS) is 1.